The fourth-order valence-electron chi connectivity index (χ4n) is 2.65. The van der Waals surface area contributed by atoms with Crippen molar-refractivity contribution in [2.75, 3.05) is 31.1 Å². The van der Waals surface area contributed by atoms with E-state index in [1.165, 1.54) is 0 Å². The standard InChI is InChI=1S/C15H16N2O2/c18-15(19)14-12-4-2-1-3-11(12)5-6-13(14)17-9-7-16-8-10-17/h1-6,16H,7-10H2,(H,18,19). The third-order valence-electron chi connectivity index (χ3n) is 3.58. The molecule has 0 radical (unpaired) electrons. The van der Waals surface area contributed by atoms with Crippen molar-refractivity contribution in [2.24, 2.45) is 0 Å². The molecule has 0 aliphatic carbocycles. The van der Waals surface area contributed by atoms with Crippen LogP contribution in [0.15, 0.2) is 36.4 Å². The summed E-state index contributed by atoms with van der Waals surface area (Å²) in [6, 6.07) is 11.6. The Morgan fingerprint density at radius 1 is 1.11 bits per heavy atom. The summed E-state index contributed by atoms with van der Waals surface area (Å²) in [5, 5.41) is 14.6. The number of carboxylic acids is 1. The van der Waals surface area contributed by atoms with Crippen LogP contribution in [-0.2, 0) is 0 Å². The van der Waals surface area contributed by atoms with Crippen LogP contribution in [0.1, 0.15) is 10.4 Å². The molecule has 0 saturated carbocycles. The zero-order valence-corrected chi connectivity index (χ0v) is 10.6. The molecule has 0 atom stereocenters. The number of aromatic carboxylic acids is 1. The summed E-state index contributed by atoms with van der Waals surface area (Å²) < 4.78 is 0. The van der Waals surface area contributed by atoms with Crippen LogP contribution in [0.2, 0.25) is 0 Å². The second-order valence-electron chi connectivity index (χ2n) is 4.72. The normalized spacial score (nSPS) is 15.7. The second-order valence-corrected chi connectivity index (χ2v) is 4.72. The molecule has 4 heteroatoms. The Kier molecular flexibility index (Phi) is 3.09. The predicted molar refractivity (Wildman–Crippen MR) is 76.0 cm³/mol. The minimum absolute atomic E-state index is 0.417. The lowest BCUT2D eigenvalue weighted by molar-refractivity contribution is 0.0699. The van der Waals surface area contributed by atoms with Gasteiger partial charge in [-0.2, -0.15) is 0 Å². The first kappa shape index (κ1) is 12.0. The highest BCUT2D eigenvalue weighted by Gasteiger charge is 2.20. The number of rotatable bonds is 2. The highest BCUT2D eigenvalue weighted by Crippen LogP contribution is 2.29. The van der Waals surface area contributed by atoms with E-state index in [1.807, 2.05) is 36.4 Å². The van der Waals surface area contributed by atoms with Crippen molar-refractivity contribution in [2.45, 2.75) is 0 Å². The van der Waals surface area contributed by atoms with Crippen LogP contribution in [0.25, 0.3) is 10.8 Å². The summed E-state index contributed by atoms with van der Waals surface area (Å²) in [5.74, 6) is -0.856. The summed E-state index contributed by atoms with van der Waals surface area (Å²) in [6.07, 6.45) is 0. The van der Waals surface area contributed by atoms with E-state index in [0.29, 0.717) is 5.56 Å². The Balaban J connectivity index is 2.18. The van der Waals surface area contributed by atoms with Gasteiger partial charge in [-0.25, -0.2) is 4.79 Å². The van der Waals surface area contributed by atoms with Crippen molar-refractivity contribution in [1.82, 2.24) is 5.32 Å². The molecule has 1 heterocycles. The van der Waals surface area contributed by atoms with E-state index in [-0.39, 0.29) is 0 Å². The molecule has 4 nitrogen and oxygen atoms in total. The van der Waals surface area contributed by atoms with Crippen molar-refractivity contribution >= 4 is 22.4 Å². The van der Waals surface area contributed by atoms with Crippen molar-refractivity contribution in [3.8, 4) is 0 Å². The monoisotopic (exact) mass is 256 g/mol. The zero-order valence-electron chi connectivity index (χ0n) is 10.6. The van der Waals surface area contributed by atoms with Gasteiger partial charge in [-0.15, -0.1) is 0 Å². The number of carbonyl (C=O) groups is 1. The molecule has 2 aromatic carbocycles. The number of nitrogens with one attached hydrogen (secondary N) is 1. The first-order valence-electron chi connectivity index (χ1n) is 6.48. The number of hydrogen-bond acceptors (Lipinski definition) is 3. The number of hydrogen-bond donors (Lipinski definition) is 2. The zero-order chi connectivity index (χ0) is 13.2. The summed E-state index contributed by atoms with van der Waals surface area (Å²) in [7, 11) is 0. The lowest BCUT2D eigenvalue weighted by Gasteiger charge is -2.30. The van der Waals surface area contributed by atoms with Crippen molar-refractivity contribution in [3.63, 3.8) is 0 Å². The Morgan fingerprint density at radius 2 is 1.84 bits per heavy atom. The molecule has 2 aromatic rings. The van der Waals surface area contributed by atoms with E-state index in [1.54, 1.807) is 0 Å². The maximum atomic E-state index is 11.6. The number of carboxylic acid groups (broad SMARTS) is 1. The average molecular weight is 256 g/mol. The molecule has 0 amide bonds. The van der Waals surface area contributed by atoms with E-state index in [2.05, 4.69) is 10.2 Å². The molecule has 2 N–H and O–H groups in total. The molecule has 1 aliphatic heterocycles. The minimum atomic E-state index is -0.856. The van der Waals surface area contributed by atoms with Crippen LogP contribution in [-0.4, -0.2) is 37.3 Å². The van der Waals surface area contributed by atoms with Gasteiger partial charge in [-0.3, -0.25) is 0 Å². The molecule has 1 aliphatic rings. The molecule has 1 fully saturated rings. The van der Waals surface area contributed by atoms with Crippen LogP contribution < -0.4 is 10.2 Å². The SMILES string of the molecule is O=C(O)c1c(N2CCNCC2)ccc2ccccc12. The topological polar surface area (TPSA) is 52.6 Å². The number of benzene rings is 2. The van der Waals surface area contributed by atoms with E-state index >= 15 is 0 Å². The number of piperazine rings is 1. The van der Waals surface area contributed by atoms with Crippen molar-refractivity contribution in [1.29, 1.82) is 0 Å². The van der Waals surface area contributed by atoms with Gasteiger partial charge in [-0.1, -0.05) is 30.3 Å². The third-order valence-corrected chi connectivity index (χ3v) is 3.58. The smallest absolute Gasteiger partial charge is 0.338 e. The number of anilines is 1. The summed E-state index contributed by atoms with van der Waals surface area (Å²) in [4.78, 5) is 13.8. The van der Waals surface area contributed by atoms with Crippen molar-refractivity contribution < 1.29 is 9.90 Å². The van der Waals surface area contributed by atoms with Gasteiger partial charge in [0.2, 0.25) is 0 Å². The molecule has 3 rings (SSSR count). The predicted octanol–water partition coefficient (Wildman–Crippen LogP) is 1.95. The third kappa shape index (κ3) is 2.15. The van der Waals surface area contributed by atoms with Crippen LogP contribution >= 0.6 is 0 Å². The fraction of sp³-hybridized carbons (Fsp3) is 0.267. The first-order valence-corrected chi connectivity index (χ1v) is 6.48. The number of nitrogens with zero attached hydrogens (tertiary/aromatic N) is 1. The van der Waals surface area contributed by atoms with Crippen LogP contribution in [0.4, 0.5) is 5.69 Å². The van der Waals surface area contributed by atoms with E-state index in [9.17, 15) is 9.90 Å². The molecule has 0 spiro atoms. The summed E-state index contributed by atoms with van der Waals surface area (Å²) in [6.45, 7) is 3.48. The molecule has 1 saturated heterocycles. The van der Waals surface area contributed by atoms with E-state index in [0.717, 1.165) is 42.6 Å². The lowest BCUT2D eigenvalue weighted by Crippen LogP contribution is -2.44. The Hall–Kier alpha value is -2.07. The Bertz CT molecular complexity index is 619. The van der Waals surface area contributed by atoms with Crippen LogP contribution in [0, 0.1) is 0 Å². The minimum Gasteiger partial charge on any atom is -0.478 e. The van der Waals surface area contributed by atoms with E-state index in [4.69, 9.17) is 0 Å². The average Bonchev–Trinajstić information content (AvgIpc) is 2.46. The largest absolute Gasteiger partial charge is 0.478 e. The Morgan fingerprint density at radius 3 is 2.58 bits per heavy atom. The molecule has 0 bridgehead atoms. The van der Waals surface area contributed by atoms with Gasteiger partial charge in [0.25, 0.3) is 0 Å². The van der Waals surface area contributed by atoms with Crippen molar-refractivity contribution in [3.05, 3.63) is 42.0 Å². The van der Waals surface area contributed by atoms with Gasteiger partial charge in [0.05, 0.1) is 11.3 Å². The maximum absolute atomic E-state index is 11.6. The van der Waals surface area contributed by atoms with Gasteiger partial charge >= 0.3 is 5.97 Å². The molecule has 0 aromatic heterocycles. The van der Waals surface area contributed by atoms with Gasteiger partial charge in [0.1, 0.15) is 0 Å². The Labute approximate surface area is 111 Å². The van der Waals surface area contributed by atoms with Crippen LogP contribution in [0.3, 0.4) is 0 Å². The highest BCUT2D eigenvalue weighted by atomic mass is 16.4. The molecular formula is C15H16N2O2. The molecular weight excluding hydrogens is 240 g/mol. The maximum Gasteiger partial charge on any atom is 0.338 e. The molecule has 19 heavy (non-hydrogen) atoms. The molecule has 98 valence electrons. The van der Waals surface area contributed by atoms with Gasteiger partial charge in [0.15, 0.2) is 0 Å². The summed E-state index contributed by atoms with van der Waals surface area (Å²) >= 11 is 0. The fourth-order valence-corrected chi connectivity index (χ4v) is 2.65. The second kappa shape index (κ2) is 4.90. The summed E-state index contributed by atoms with van der Waals surface area (Å²) in [5.41, 5.74) is 1.24. The first-order chi connectivity index (χ1) is 9.27. The lowest BCUT2D eigenvalue weighted by atomic mass is 10.0. The van der Waals surface area contributed by atoms with E-state index < -0.39 is 5.97 Å². The molecule has 0 unspecified atom stereocenters. The van der Waals surface area contributed by atoms with Gasteiger partial charge in [-0.05, 0) is 16.8 Å². The van der Waals surface area contributed by atoms with Gasteiger partial charge in [0, 0.05) is 26.2 Å². The van der Waals surface area contributed by atoms with Crippen LogP contribution in [0.5, 0.6) is 0 Å². The highest BCUT2D eigenvalue weighted by molar-refractivity contribution is 6.08. The quantitative estimate of drug-likeness (QED) is 0.862. The van der Waals surface area contributed by atoms with Gasteiger partial charge < -0.3 is 15.3 Å². The number of fused-ring (bicyclic) bond motifs is 1.